The van der Waals surface area contributed by atoms with Crippen molar-refractivity contribution >= 4 is 0 Å². The summed E-state index contributed by atoms with van der Waals surface area (Å²) < 4.78 is 5.83. The van der Waals surface area contributed by atoms with Gasteiger partial charge in [0.25, 0.3) is 0 Å². The Morgan fingerprint density at radius 3 is 2.65 bits per heavy atom. The number of hydrogen-bond acceptors (Lipinski definition) is 1. The SMILES string of the molecule is CO[C@@H]1[C@@H]2[C@@H](CC/C(C)=C\CC[C@@H]1C)C2(C)C. The minimum absolute atomic E-state index is 0.474. The van der Waals surface area contributed by atoms with Gasteiger partial charge in [-0.25, -0.2) is 0 Å². The number of hydrogen-bond donors (Lipinski definition) is 0. The summed E-state index contributed by atoms with van der Waals surface area (Å²) in [4.78, 5) is 0. The zero-order valence-electron chi connectivity index (χ0n) is 12.1. The highest BCUT2D eigenvalue weighted by Gasteiger charge is 2.61. The van der Waals surface area contributed by atoms with Gasteiger partial charge in [0.15, 0.2) is 0 Å². The van der Waals surface area contributed by atoms with Crippen LogP contribution in [0.2, 0.25) is 0 Å². The largest absolute Gasteiger partial charge is 0.381 e. The number of allylic oxidation sites excluding steroid dienone is 2. The third-order valence-electron chi connectivity index (χ3n) is 5.29. The van der Waals surface area contributed by atoms with Crippen molar-refractivity contribution in [1.29, 1.82) is 0 Å². The molecule has 2 aliphatic carbocycles. The highest BCUT2D eigenvalue weighted by Crippen LogP contribution is 2.63. The molecule has 1 nitrogen and oxygen atoms in total. The van der Waals surface area contributed by atoms with Gasteiger partial charge in [0.1, 0.15) is 0 Å². The normalized spacial score (nSPS) is 44.4. The average Bonchev–Trinajstić information content (AvgIpc) is 2.79. The van der Waals surface area contributed by atoms with E-state index in [2.05, 4.69) is 33.8 Å². The standard InChI is InChI=1S/C16H28O/c1-11-7-6-8-12(2)15(17-5)14-13(10-9-11)16(14,3)4/h7,12-15H,6,8-10H2,1-5H3/b11-7-/t12-,13+,14-,15-/m0/s1. The summed E-state index contributed by atoms with van der Waals surface area (Å²) in [6, 6.07) is 0. The molecule has 0 aromatic rings. The lowest BCUT2D eigenvalue weighted by Crippen LogP contribution is -2.25. The number of ether oxygens (including phenoxy) is 1. The van der Waals surface area contributed by atoms with Gasteiger partial charge in [-0.1, -0.05) is 32.4 Å². The van der Waals surface area contributed by atoms with Crippen molar-refractivity contribution in [2.45, 2.75) is 59.5 Å². The van der Waals surface area contributed by atoms with Gasteiger partial charge in [-0.15, -0.1) is 0 Å². The molecule has 2 aliphatic rings. The zero-order chi connectivity index (χ0) is 12.6. The number of fused-ring (bicyclic) bond motifs is 1. The van der Waals surface area contributed by atoms with E-state index in [1.54, 1.807) is 5.57 Å². The minimum Gasteiger partial charge on any atom is -0.381 e. The van der Waals surface area contributed by atoms with Crippen LogP contribution in [-0.4, -0.2) is 13.2 Å². The summed E-state index contributed by atoms with van der Waals surface area (Å²) in [6.45, 7) is 9.52. The van der Waals surface area contributed by atoms with Crippen LogP contribution < -0.4 is 0 Å². The Hall–Kier alpha value is -0.300. The summed E-state index contributed by atoms with van der Waals surface area (Å²) >= 11 is 0. The molecule has 0 aromatic heterocycles. The van der Waals surface area contributed by atoms with Crippen LogP contribution >= 0.6 is 0 Å². The van der Waals surface area contributed by atoms with Crippen LogP contribution in [0.3, 0.4) is 0 Å². The molecule has 0 radical (unpaired) electrons. The molecule has 1 fully saturated rings. The second kappa shape index (κ2) is 4.76. The Morgan fingerprint density at radius 1 is 1.29 bits per heavy atom. The summed E-state index contributed by atoms with van der Waals surface area (Å²) in [7, 11) is 1.90. The first-order valence-electron chi connectivity index (χ1n) is 7.17. The first-order valence-corrected chi connectivity index (χ1v) is 7.17. The molecule has 0 amide bonds. The van der Waals surface area contributed by atoms with Gasteiger partial charge in [0.05, 0.1) is 6.10 Å². The maximum absolute atomic E-state index is 5.83. The van der Waals surface area contributed by atoms with Crippen molar-refractivity contribution in [1.82, 2.24) is 0 Å². The first-order chi connectivity index (χ1) is 7.98. The lowest BCUT2D eigenvalue weighted by molar-refractivity contribution is 0.0266. The molecule has 0 unspecified atom stereocenters. The van der Waals surface area contributed by atoms with Gasteiger partial charge >= 0.3 is 0 Å². The highest BCUT2D eigenvalue weighted by molar-refractivity contribution is 5.11. The van der Waals surface area contributed by atoms with E-state index in [-0.39, 0.29) is 0 Å². The second-order valence-corrected chi connectivity index (χ2v) is 6.80. The van der Waals surface area contributed by atoms with Crippen molar-refractivity contribution in [2.24, 2.45) is 23.2 Å². The van der Waals surface area contributed by atoms with Crippen LogP contribution in [0.25, 0.3) is 0 Å². The molecule has 0 aliphatic heterocycles. The smallest absolute Gasteiger partial charge is 0.0633 e. The zero-order valence-corrected chi connectivity index (χ0v) is 12.1. The molecule has 0 bridgehead atoms. The summed E-state index contributed by atoms with van der Waals surface area (Å²) in [6.07, 6.45) is 8.06. The fraction of sp³-hybridized carbons (Fsp3) is 0.875. The van der Waals surface area contributed by atoms with Crippen LogP contribution in [0.15, 0.2) is 11.6 Å². The van der Waals surface area contributed by atoms with Crippen LogP contribution in [0.1, 0.15) is 53.4 Å². The maximum Gasteiger partial charge on any atom is 0.0633 e. The topological polar surface area (TPSA) is 9.23 Å². The lowest BCUT2D eigenvalue weighted by Gasteiger charge is -2.24. The van der Waals surface area contributed by atoms with Gasteiger partial charge in [-0.3, -0.25) is 0 Å². The Kier molecular flexibility index (Phi) is 3.68. The Bertz CT molecular complexity index is 303. The molecule has 0 saturated heterocycles. The van der Waals surface area contributed by atoms with E-state index in [9.17, 15) is 0 Å². The highest BCUT2D eigenvalue weighted by atomic mass is 16.5. The molecule has 1 saturated carbocycles. The van der Waals surface area contributed by atoms with Gasteiger partial charge in [0, 0.05) is 7.11 Å². The fourth-order valence-corrected chi connectivity index (χ4v) is 3.97. The monoisotopic (exact) mass is 236 g/mol. The fourth-order valence-electron chi connectivity index (χ4n) is 3.97. The quantitative estimate of drug-likeness (QED) is 0.612. The number of rotatable bonds is 1. The first kappa shape index (κ1) is 13.1. The minimum atomic E-state index is 0.474. The van der Waals surface area contributed by atoms with Crippen LogP contribution in [0.5, 0.6) is 0 Å². The summed E-state index contributed by atoms with van der Waals surface area (Å²) in [5.41, 5.74) is 2.09. The Labute approximate surface area is 107 Å². The summed E-state index contributed by atoms with van der Waals surface area (Å²) in [5, 5.41) is 0. The van der Waals surface area contributed by atoms with Crippen LogP contribution in [0.4, 0.5) is 0 Å². The van der Waals surface area contributed by atoms with E-state index in [0.29, 0.717) is 17.4 Å². The van der Waals surface area contributed by atoms with Crippen molar-refractivity contribution in [2.75, 3.05) is 7.11 Å². The van der Waals surface area contributed by atoms with Crippen LogP contribution in [-0.2, 0) is 4.74 Å². The maximum atomic E-state index is 5.83. The molecule has 0 spiro atoms. The van der Waals surface area contributed by atoms with Gasteiger partial charge in [-0.05, 0) is 55.8 Å². The van der Waals surface area contributed by atoms with Gasteiger partial charge < -0.3 is 4.74 Å². The molecule has 98 valence electrons. The van der Waals surface area contributed by atoms with E-state index in [1.807, 2.05) is 7.11 Å². The second-order valence-electron chi connectivity index (χ2n) is 6.80. The van der Waals surface area contributed by atoms with Crippen molar-refractivity contribution in [3.63, 3.8) is 0 Å². The molecule has 1 heteroatoms. The predicted molar refractivity (Wildman–Crippen MR) is 72.9 cm³/mol. The summed E-state index contributed by atoms with van der Waals surface area (Å²) in [5.74, 6) is 2.35. The van der Waals surface area contributed by atoms with Crippen LogP contribution in [0, 0.1) is 23.2 Å². The third-order valence-corrected chi connectivity index (χ3v) is 5.29. The molecule has 2 rings (SSSR count). The molecule has 17 heavy (non-hydrogen) atoms. The van der Waals surface area contributed by atoms with E-state index in [4.69, 9.17) is 4.74 Å². The molecular weight excluding hydrogens is 208 g/mol. The average molecular weight is 236 g/mol. The van der Waals surface area contributed by atoms with Crippen molar-refractivity contribution in [3.8, 4) is 0 Å². The lowest BCUT2D eigenvalue weighted by atomic mass is 9.90. The van der Waals surface area contributed by atoms with E-state index >= 15 is 0 Å². The number of methoxy groups -OCH3 is 1. The Balaban J connectivity index is 2.15. The Morgan fingerprint density at radius 2 is 2.00 bits per heavy atom. The third kappa shape index (κ3) is 2.45. The van der Waals surface area contributed by atoms with Gasteiger partial charge in [0.2, 0.25) is 0 Å². The van der Waals surface area contributed by atoms with E-state index in [0.717, 1.165) is 11.8 Å². The molecule has 4 atom stereocenters. The van der Waals surface area contributed by atoms with Gasteiger partial charge in [-0.2, -0.15) is 0 Å². The van der Waals surface area contributed by atoms with E-state index < -0.39 is 0 Å². The van der Waals surface area contributed by atoms with Crippen molar-refractivity contribution in [3.05, 3.63) is 11.6 Å². The molecule has 0 heterocycles. The van der Waals surface area contributed by atoms with E-state index in [1.165, 1.54) is 25.7 Å². The molecule has 0 N–H and O–H groups in total. The van der Waals surface area contributed by atoms with Crippen molar-refractivity contribution < 1.29 is 4.74 Å². The molecule has 0 aromatic carbocycles. The predicted octanol–water partition coefficient (Wildman–Crippen LogP) is 4.43. The molecular formula is C16H28O.